The molecule has 0 saturated heterocycles. The third-order valence-corrected chi connectivity index (χ3v) is 4.72. The Morgan fingerprint density at radius 1 is 1.20 bits per heavy atom. The third kappa shape index (κ3) is 3.73. The van der Waals surface area contributed by atoms with Gasteiger partial charge in [-0.2, -0.15) is 13.2 Å². The van der Waals surface area contributed by atoms with E-state index in [0.29, 0.717) is 0 Å². The van der Waals surface area contributed by atoms with Crippen molar-refractivity contribution in [2.45, 2.75) is 6.18 Å². The average molecular weight is 371 g/mol. The first-order valence-corrected chi connectivity index (χ1v) is 8.73. The van der Waals surface area contributed by atoms with E-state index < -0.39 is 27.7 Å². The smallest absolute Gasteiger partial charge is 0.331 e. The Hall–Kier alpha value is -2.62. The Morgan fingerprint density at radius 2 is 1.88 bits per heavy atom. The summed E-state index contributed by atoms with van der Waals surface area (Å²) >= 11 is 0. The van der Waals surface area contributed by atoms with Gasteiger partial charge in [0, 0.05) is 18.4 Å². The number of nitrogens with one attached hydrogen (secondary N) is 1. The Labute approximate surface area is 141 Å². The predicted molar refractivity (Wildman–Crippen MR) is 85.2 cm³/mol. The SMILES string of the molecule is O=C(Nc1ccc(C(F)(F)F)cc1)C1=CC=CN2CCS(=O)(=O)N=C12. The molecule has 132 valence electrons. The van der Waals surface area contributed by atoms with E-state index in [1.165, 1.54) is 11.0 Å². The van der Waals surface area contributed by atoms with E-state index in [9.17, 15) is 26.4 Å². The fourth-order valence-corrected chi connectivity index (χ4v) is 3.32. The fourth-order valence-electron chi connectivity index (χ4n) is 2.33. The van der Waals surface area contributed by atoms with E-state index in [2.05, 4.69) is 9.71 Å². The summed E-state index contributed by atoms with van der Waals surface area (Å²) < 4.78 is 64.6. The average Bonchev–Trinajstić information content (AvgIpc) is 2.53. The summed E-state index contributed by atoms with van der Waals surface area (Å²) in [7, 11) is -3.65. The van der Waals surface area contributed by atoms with Crippen molar-refractivity contribution in [2.24, 2.45) is 4.40 Å². The van der Waals surface area contributed by atoms with Crippen LogP contribution in [0, 0.1) is 0 Å². The number of rotatable bonds is 2. The standard InChI is InChI=1S/C15H12F3N3O3S/c16-15(17,18)10-3-5-11(6-4-10)19-14(22)12-2-1-7-21-8-9-25(23,24)20-13(12)21/h1-7H,8-9H2,(H,19,22). The summed E-state index contributed by atoms with van der Waals surface area (Å²) in [4.78, 5) is 13.9. The molecule has 0 aliphatic carbocycles. The van der Waals surface area contributed by atoms with Crippen molar-refractivity contribution >= 4 is 27.5 Å². The number of hydrogen-bond acceptors (Lipinski definition) is 4. The number of halogens is 3. The summed E-state index contributed by atoms with van der Waals surface area (Å²) in [6.45, 7) is 0.169. The van der Waals surface area contributed by atoms with Crippen molar-refractivity contribution in [3.8, 4) is 0 Å². The topological polar surface area (TPSA) is 78.8 Å². The second-order valence-corrected chi connectivity index (χ2v) is 7.10. The minimum atomic E-state index is -4.47. The molecule has 2 aliphatic heterocycles. The number of carbonyl (C=O) groups is 1. The lowest BCUT2D eigenvalue weighted by Gasteiger charge is -2.28. The van der Waals surface area contributed by atoms with Crippen LogP contribution in [0.3, 0.4) is 0 Å². The van der Waals surface area contributed by atoms with E-state index in [1.807, 2.05) is 0 Å². The van der Waals surface area contributed by atoms with Gasteiger partial charge in [-0.25, -0.2) is 8.42 Å². The lowest BCUT2D eigenvalue weighted by atomic mass is 10.1. The van der Waals surface area contributed by atoms with E-state index in [4.69, 9.17) is 0 Å². The number of carbonyl (C=O) groups excluding carboxylic acids is 1. The molecule has 0 spiro atoms. The molecular weight excluding hydrogens is 359 g/mol. The molecular formula is C15H12F3N3O3S. The Kier molecular flexibility index (Phi) is 4.15. The molecule has 3 rings (SSSR count). The monoisotopic (exact) mass is 371 g/mol. The van der Waals surface area contributed by atoms with Crippen LogP contribution in [0.2, 0.25) is 0 Å². The largest absolute Gasteiger partial charge is 0.416 e. The first-order valence-electron chi connectivity index (χ1n) is 7.12. The number of allylic oxidation sites excluding steroid dienone is 2. The van der Waals surface area contributed by atoms with Crippen LogP contribution in [0.1, 0.15) is 5.56 Å². The van der Waals surface area contributed by atoms with E-state index in [0.717, 1.165) is 24.3 Å². The number of benzene rings is 1. The van der Waals surface area contributed by atoms with Gasteiger partial charge in [0.15, 0.2) is 5.84 Å². The predicted octanol–water partition coefficient (Wildman–Crippen LogP) is 2.14. The first-order chi connectivity index (χ1) is 11.7. The summed E-state index contributed by atoms with van der Waals surface area (Å²) in [6, 6.07) is 3.94. The minimum absolute atomic E-state index is 0.00170. The van der Waals surface area contributed by atoms with Crippen molar-refractivity contribution in [2.75, 3.05) is 17.6 Å². The second kappa shape index (κ2) is 6.03. The number of fused-ring (bicyclic) bond motifs is 1. The molecule has 0 atom stereocenters. The molecule has 2 heterocycles. The van der Waals surface area contributed by atoms with Gasteiger partial charge in [-0.1, -0.05) is 0 Å². The lowest BCUT2D eigenvalue weighted by molar-refractivity contribution is -0.137. The molecule has 0 fully saturated rings. The van der Waals surface area contributed by atoms with Crippen LogP contribution in [0.4, 0.5) is 18.9 Å². The van der Waals surface area contributed by atoms with Gasteiger partial charge in [0.05, 0.1) is 16.9 Å². The molecule has 0 saturated carbocycles. The number of alkyl halides is 3. The van der Waals surface area contributed by atoms with Gasteiger partial charge < -0.3 is 10.2 Å². The molecule has 6 nitrogen and oxygen atoms in total. The van der Waals surface area contributed by atoms with Crippen molar-refractivity contribution in [1.82, 2.24) is 4.90 Å². The highest BCUT2D eigenvalue weighted by atomic mass is 32.2. The third-order valence-electron chi connectivity index (χ3n) is 3.57. The van der Waals surface area contributed by atoms with Crippen molar-refractivity contribution in [3.63, 3.8) is 0 Å². The van der Waals surface area contributed by atoms with Gasteiger partial charge in [0.2, 0.25) is 0 Å². The maximum Gasteiger partial charge on any atom is 0.416 e. The van der Waals surface area contributed by atoms with Gasteiger partial charge in [0.25, 0.3) is 15.9 Å². The van der Waals surface area contributed by atoms with E-state index in [1.54, 1.807) is 12.3 Å². The molecule has 1 aromatic rings. The summed E-state index contributed by atoms with van der Waals surface area (Å²) in [6.07, 6.45) is 0.0988. The molecule has 1 N–H and O–H groups in total. The molecule has 0 radical (unpaired) electrons. The highest BCUT2D eigenvalue weighted by Gasteiger charge is 2.31. The summed E-state index contributed by atoms with van der Waals surface area (Å²) in [5.41, 5.74) is -0.663. The zero-order valence-electron chi connectivity index (χ0n) is 12.6. The normalized spacial score (nSPS) is 18.9. The number of anilines is 1. The number of amidine groups is 1. The van der Waals surface area contributed by atoms with Gasteiger partial charge >= 0.3 is 6.18 Å². The quantitative estimate of drug-likeness (QED) is 0.864. The molecule has 0 unspecified atom stereocenters. The number of sulfonamides is 1. The van der Waals surface area contributed by atoms with E-state index in [-0.39, 0.29) is 29.4 Å². The van der Waals surface area contributed by atoms with Crippen molar-refractivity contribution in [1.29, 1.82) is 0 Å². The Balaban J connectivity index is 1.82. The first kappa shape index (κ1) is 17.2. The number of amides is 1. The van der Waals surface area contributed by atoms with Crippen LogP contribution < -0.4 is 5.32 Å². The maximum atomic E-state index is 12.5. The highest BCUT2D eigenvalue weighted by molar-refractivity contribution is 7.90. The lowest BCUT2D eigenvalue weighted by Crippen LogP contribution is -2.40. The Morgan fingerprint density at radius 3 is 2.52 bits per heavy atom. The Bertz CT molecular complexity index is 900. The molecule has 0 bridgehead atoms. The van der Waals surface area contributed by atoms with Gasteiger partial charge in [-0.3, -0.25) is 4.79 Å². The molecule has 25 heavy (non-hydrogen) atoms. The van der Waals surface area contributed by atoms with Gasteiger partial charge in [-0.15, -0.1) is 4.40 Å². The summed E-state index contributed by atoms with van der Waals surface area (Å²) in [5, 5.41) is 2.44. The minimum Gasteiger partial charge on any atom is -0.331 e. The van der Waals surface area contributed by atoms with Crippen LogP contribution in [0.25, 0.3) is 0 Å². The van der Waals surface area contributed by atoms with Gasteiger partial charge in [-0.05, 0) is 36.4 Å². The number of hydrogen-bond donors (Lipinski definition) is 1. The summed E-state index contributed by atoms with van der Waals surface area (Å²) in [5.74, 6) is -0.822. The fraction of sp³-hybridized carbons (Fsp3) is 0.200. The second-order valence-electron chi connectivity index (χ2n) is 5.35. The van der Waals surface area contributed by atoms with Crippen LogP contribution in [-0.2, 0) is 21.0 Å². The van der Waals surface area contributed by atoms with Gasteiger partial charge in [0.1, 0.15) is 0 Å². The molecule has 1 aromatic carbocycles. The van der Waals surface area contributed by atoms with Crippen molar-refractivity contribution < 1.29 is 26.4 Å². The molecule has 1 amide bonds. The highest BCUT2D eigenvalue weighted by Crippen LogP contribution is 2.30. The van der Waals surface area contributed by atoms with Crippen LogP contribution in [0.15, 0.2) is 52.6 Å². The van der Waals surface area contributed by atoms with Crippen LogP contribution in [-0.4, -0.2) is 37.4 Å². The van der Waals surface area contributed by atoms with Crippen LogP contribution >= 0.6 is 0 Å². The molecule has 2 aliphatic rings. The molecule has 10 heteroatoms. The maximum absolute atomic E-state index is 12.5. The zero-order valence-corrected chi connectivity index (χ0v) is 13.4. The zero-order chi connectivity index (χ0) is 18.2. The van der Waals surface area contributed by atoms with Crippen LogP contribution in [0.5, 0.6) is 0 Å². The van der Waals surface area contributed by atoms with E-state index >= 15 is 0 Å². The molecule has 0 aromatic heterocycles. The van der Waals surface area contributed by atoms with Crippen molar-refractivity contribution in [3.05, 3.63) is 53.8 Å². The number of nitrogens with zero attached hydrogens (tertiary/aromatic N) is 2.